The number of aliphatic hydroxyl groups is 1. The summed E-state index contributed by atoms with van der Waals surface area (Å²) in [5.41, 5.74) is 0.948. The van der Waals surface area contributed by atoms with E-state index in [-0.39, 0.29) is 12.4 Å². The molecule has 0 atom stereocenters. The van der Waals surface area contributed by atoms with Gasteiger partial charge >= 0.3 is 0 Å². The SMILES string of the molecule is CC1=CCNC=C1O.Cl. The fourth-order valence-electron chi connectivity index (χ4n) is 0.586. The van der Waals surface area contributed by atoms with Gasteiger partial charge in [0.05, 0.1) is 0 Å². The van der Waals surface area contributed by atoms with Crippen molar-refractivity contribution in [1.82, 2.24) is 5.32 Å². The van der Waals surface area contributed by atoms with Crippen LogP contribution in [-0.4, -0.2) is 11.7 Å². The summed E-state index contributed by atoms with van der Waals surface area (Å²) < 4.78 is 0. The van der Waals surface area contributed by atoms with Gasteiger partial charge in [-0.25, -0.2) is 0 Å². The van der Waals surface area contributed by atoms with E-state index in [1.54, 1.807) is 6.20 Å². The van der Waals surface area contributed by atoms with E-state index in [1.165, 1.54) is 0 Å². The Labute approximate surface area is 60.7 Å². The first-order valence-corrected chi connectivity index (χ1v) is 2.60. The fourth-order valence-corrected chi connectivity index (χ4v) is 0.586. The van der Waals surface area contributed by atoms with Gasteiger partial charge in [-0.3, -0.25) is 0 Å². The quantitative estimate of drug-likeness (QED) is 0.542. The third-order valence-electron chi connectivity index (χ3n) is 1.17. The van der Waals surface area contributed by atoms with E-state index in [0.717, 1.165) is 12.1 Å². The van der Waals surface area contributed by atoms with E-state index in [0.29, 0.717) is 5.76 Å². The van der Waals surface area contributed by atoms with E-state index >= 15 is 0 Å². The molecule has 0 spiro atoms. The molecule has 9 heavy (non-hydrogen) atoms. The summed E-state index contributed by atoms with van der Waals surface area (Å²) in [5.74, 6) is 0.344. The third-order valence-corrected chi connectivity index (χ3v) is 1.17. The largest absolute Gasteiger partial charge is 0.506 e. The summed E-state index contributed by atoms with van der Waals surface area (Å²) in [6.07, 6.45) is 3.55. The number of hydrogen-bond donors (Lipinski definition) is 2. The van der Waals surface area contributed by atoms with Crippen molar-refractivity contribution in [3.05, 3.63) is 23.6 Å². The van der Waals surface area contributed by atoms with Crippen LogP contribution in [0.15, 0.2) is 23.6 Å². The minimum Gasteiger partial charge on any atom is -0.506 e. The zero-order valence-corrected chi connectivity index (χ0v) is 6.03. The van der Waals surface area contributed by atoms with Crippen molar-refractivity contribution in [3.63, 3.8) is 0 Å². The number of nitrogens with one attached hydrogen (secondary N) is 1. The van der Waals surface area contributed by atoms with E-state index < -0.39 is 0 Å². The summed E-state index contributed by atoms with van der Waals surface area (Å²) in [4.78, 5) is 0. The Morgan fingerprint density at radius 3 is 2.67 bits per heavy atom. The highest BCUT2D eigenvalue weighted by Crippen LogP contribution is 2.05. The maximum atomic E-state index is 8.91. The van der Waals surface area contributed by atoms with Gasteiger partial charge in [-0.1, -0.05) is 6.08 Å². The maximum Gasteiger partial charge on any atom is 0.133 e. The predicted octanol–water partition coefficient (Wildman–Crippen LogP) is 1.36. The minimum absolute atomic E-state index is 0. The Hall–Kier alpha value is -0.630. The Bertz CT molecular complexity index is 133. The molecule has 1 aliphatic heterocycles. The van der Waals surface area contributed by atoms with E-state index in [2.05, 4.69) is 5.32 Å². The van der Waals surface area contributed by atoms with Gasteiger partial charge in [0.2, 0.25) is 0 Å². The molecule has 52 valence electrons. The number of aliphatic hydroxyl groups excluding tert-OH is 1. The van der Waals surface area contributed by atoms with Gasteiger partial charge in [-0.05, 0) is 12.5 Å². The first-order chi connectivity index (χ1) is 3.80. The van der Waals surface area contributed by atoms with Crippen molar-refractivity contribution < 1.29 is 5.11 Å². The van der Waals surface area contributed by atoms with Crippen molar-refractivity contribution in [2.45, 2.75) is 6.92 Å². The lowest BCUT2D eigenvalue weighted by molar-refractivity contribution is 0.415. The lowest BCUT2D eigenvalue weighted by Gasteiger charge is -2.06. The summed E-state index contributed by atoms with van der Waals surface area (Å²) in [6.45, 7) is 2.71. The van der Waals surface area contributed by atoms with Gasteiger partial charge in [0.15, 0.2) is 0 Å². The highest BCUT2D eigenvalue weighted by molar-refractivity contribution is 5.85. The summed E-state index contributed by atoms with van der Waals surface area (Å²) in [5, 5.41) is 11.8. The maximum absolute atomic E-state index is 8.91. The van der Waals surface area contributed by atoms with Crippen LogP contribution in [0.1, 0.15) is 6.92 Å². The van der Waals surface area contributed by atoms with Crippen LogP contribution >= 0.6 is 12.4 Å². The van der Waals surface area contributed by atoms with Gasteiger partial charge in [-0.15, -0.1) is 12.4 Å². The van der Waals surface area contributed by atoms with Crippen molar-refractivity contribution >= 4 is 12.4 Å². The zero-order chi connectivity index (χ0) is 5.98. The predicted molar refractivity (Wildman–Crippen MR) is 39.7 cm³/mol. The zero-order valence-electron chi connectivity index (χ0n) is 5.22. The molecule has 0 fully saturated rings. The number of hydrogen-bond acceptors (Lipinski definition) is 2. The van der Waals surface area contributed by atoms with Crippen LogP contribution in [0, 0.1) is 0 Å². The van der Waals surface area contributed by atoms with E-state index in [1.807, 2.05) is 13.0 Å². The molecular formula is C6H10ClNO. The molecule has 0 radical (unpaired) electrons. The topological polar surface area (TPSA) is 32.3 Å². The molecule has 3 heteroatoms. The van der Waals surface area contributed by atoms with E-state index in [4.69, 9.17) is 5.11 Å². The van der Waals surface area contributed by atoms with Crippen LogP contribution < -0.4 is 5.32 Å². The molecule has 0 aromatic heterocycles. The van der Waals surface area contributed by atoms with Crippen LogP contribution in [-0.2, 0) is 0 Å². The highest BCUT2D eigenvalue weighted by atomic mass is 35.5. The van der Waals surface area contributed by atoms with Crippen LogP contribution in [0.3, 0.4) is 0 Å². The standard InChI is InChI=1S/C6H9NO.ClH/c1-5-2-3-7-4-6(5)8;/h2,4,7-8H,3H2,1H3;1H. The number of dihydropyridines is 1. The second-order valence-electron chi connectivity index (χ2n) is 1.82. The molecule has 1 aliphatic rings. The van der Waals surface area contributed by atoms with Gasteiger partial charge in [0.25, 0.3) is 0 Å². The third kappa shape index (κ3) is 1.98. The van der Waals surface area contributed by atoms with Crippen molar-refractivity contribution in [3.8, 4) is 0 Å². The minimum atomic E-state index is 0. The number of allylic oxidation sites excluding steroid dienone is 1. The Kier molecular flexibility index (Phi) is 3.17. The lowest BCUT2D eigenvalue weighted by atomic mass is 10.2. The number of halogens is 1. The van der Waals surface area contributed by atoms with Gasteiger partial charge in [-0.2, -0.15) is 0 Å². The second kappa shape index (κ2) is 3.41. The van der Waals surface area contributed by atoms with Crippen LogP contribution in [0.2, 0.25) is 0 Å². The normalized spacial score (nSPS) is 16.6. The molecule has 1 heterocycles. The summed E-state index contributed by atoms with van der Waals surface area (Å²) >= 11 is 0. The number of rotatable bonds is 0. The molecule has 0 aromatic carbocycles. The Morgan fingerprint density at radius 1 is 1.67 bits per heavy atom. The molecule has 2 nitrogen and oxygen atoms in total. The molecular weight excluding hydrogens is 138 g/mol. The van der Waals surface area contributed by atoms with Crippen molar-refractivity contribution in [1.29, 1.82) is 0 Å². The molecule has 0 aromatic rings. The monoisotopic (exact) mass is 147 g/mol. The van der Waals surface area contributed by atoms with Gasteiger partial charge < -0.3 is 10.4 Å². The second-order valence-corrected chi connectivity index (χ2v) is 1.82. The van der Waals surface area contributed by atoms with Crippen molar-refractivity contribution in [2.75, 3.05) is 6.54 Å². The molecule has 0 saturated heterocycles. The van der Waals surface area contributed by atoms with Crippen LogP contribution in [0.25, 0.3) is 0 Å². The first kappa shape index (κ1) is 8.37. The summed E-state index contributed by atoms with van der Waals surface area (Å²) in [7, 11) is 0. The highest BCUT2D eigenvalue weighted by Gasteiger charge is 1.97. The molecule has 0 bridgehead atoms. The fraction of sp³-hybridized carbons (Fsp3) is 0.333. The molecule has 1 rings (SSSR count). The van der Waals surface area contributed by atoms with Gasteiger partial charge in [0, 0.05) is 12.7 Å². The Morgan fingerprint density at radius 2 is 2.33 bits per heavy atom. The first-order valence-electron chi connectivity index (χ1n) is 2.60. The molecule has 0 aliphatic carbocycles. The average molecular weight is 148 g/mol. The molecule has 0 unspecified atom stereocenters. The molecule has 0 saturated carbocycles. The van der Waals surface area contributed by atoms with Crippen molar-refractivity contribution in [2.24, 2.45) is 0 Å². The molecule has 0 amide bonds. The molecule has 2 N–H and O–H groups in total. The summed E-state index contributed by atoms with van der Waals surface area (Å²) in [6, 6.07) is 0. The van der Waals surface area contributed by atoms with E-state index in [9.17, 15) is 0 Å². The average Bonchev–Trinajstić information content (AvgIpc) is 1.77. The Balaban J connectivity index is 0.000000640. The van der Waals surface area contributed by atoms with Gasteiger partial charge in [0.1, 0.15) is 5.76 Å². The smallest absolute Gasteiger partial charge is 0.133 e. The lowest BCUT2D eigenvalue weighted by Crippen LogP contribution is -2.11. The van der Waals surface area contributed by atoms with Crippen LogP contribution in [0.4, 0.5) is 0 Å². The van der Waals surface area contributed by atoms with Crippen LogP contribution in [0.5, 0.6) is 0 Å².